The molecule has 106 valence electrons. The van der Waals surface area contributed by atoms with Crippen molar-refractivity contribution in [1.82, 2.24) is 10.5 Å². The molecule has 0 aliphatic heterocycles. The monoisotopic (exact) mass is 284 g/mol. The highest BCUT2D eigenvalue weighted by atomic mass is 16.5. The molecule has 21 heavy (non-hydrogen) atoms. The van der Waals surface area contributed by atoms with Gasteiger partial charge in [0.15, 0.2) is 11.3 Å². The maximum absolute atomic E-state index is 12.0. The van der Waals surface area contributed by atoms with Crippen molar-refractivity contribution < 1.29 is 19.2 Å². The first-order chi connectivity index (χ1) is 10.2. The Bertz CT molecular complexity index is 838. The van der Waals surface area contributed by atoms with Crippen LogP contribution in [0.2, 0.25) is 0 Å². The molecular weight excluding hydrogens is 272 g/mol. The Morgan fingerprint density at radius 3 is 2.76 bits per heavy atom. The summed E-state index contributed by atoms with van der Waals surface area (Å²) in [6.07, 6.45) is -0.134. The Balaban J connectivity index is 1.95. The normalized spacial score (nSPS) is 10.9. The van der Waals surface area contributed by atoms with Gasteiger partial charge in [-0.15, -0.1) is 0 Å². The quantitative estimate of drug-likeness (QED) is 0.766. The van der Waals surface area contributed by atoms with E-state index >= 15 is 0 Å². The number of rotatable bonds is 4. The Kier molecular flexibility index (Phi) is 3.27. The predicted molar refractivity (Wildman–Crippen MR) is 76.1 cm³/mol. The average molecular weight is 284 g/mol. The third kappa shape index (κ3) is 2.43. The van der Waals surface area contributed by atoms with Crippen molar-refractivity contribution in [3.8, 4) is 0 Å². The summed E-state index contributed by atoms with van der Waals surface area (Å²) in [5, 5.41) is 17.4. The number of amides is 1. The number of aromatic nitrogens is 1. The van der Waals surface area contributed by atoms with Crippen molar-refractivity contribution in [1.29, 1.82) is 0 Å². The first kappa shape index (κ1) is 13.1. The number of aliphatic carboxylic acids is 1. The topological polar surface area (TPSA) is 92.4 Å². The predicted octanol–water partition coefficient (Wildman–Crippen LogP) is 2.19. The second kappa shape index (κ2) is 5.24. The minimum absolute atomic E-state index is 0.0517. The second-order valence-electron chi connectivity index (χ2n) is 4.59. The number of hydrogen-bond acceptors (Lipinski definition) is 4. The summed E-state index contributed by atoms with van der Waals surface area (Å²) in [5.41, 5.74) is 0.720. The number of carboxylic acid groups (broad SMARTS) is 1. The van der Waals surface area contributed by atoms with Crippen molar-refractivity contribution in [3.63, 3.8) is 0 Å². The Morgan fingerprint density at radius 1 is 1.14 bits per heavy atom. The maximum atomic E-state index is 12.0. The lowest BCUT2D eigenvalue weighted by Gasteiger charge is -2.00. The maximum Gasteiger partial charge on any atom is 0.305 e. The van der Waals surface area contributed by atoms with Crippen molar-refractivity contribution >= 4 is 33.6 Å². The zero-order valence-corrected chi connectivity index (χ0v) is 11.0. The minimum Gasteiger partial charge on any atom is -0.481 e. The van der Waals surface area contributed by atoms with E-state index in [1.54, 1.807) is 6.07 Å². The number of carboxylic acids is 1. The third-order valence-electron chi connectivity index (χ3n) is 3.20. The van der Waals surface area contributed by atoms with Gasteiger partial charge in [0.05, 0.1) is 11.8 Å². The van der Waals surface area contributed by atoms with Gasteiger partial charge in [-0.05, 0) is 11.5 Å². The van der Waals surface area contributed by atoms with Gasteiger partial charge >= 0.3 is 5.97 Å². The molecule has 0 unspecified atom stereocenters. The van der Waals surface area contributed by atoms with Gasteiger partial charge < -0.3 is 14.9 Å². The second-order valence-corrected chi connectivity index (χ2v) is 4.59. The fraction of sp³-hybridized carbons (Fsp3) is 0.133. The first-order valence-corrected chi connectivity index (χ1v) is 6.44. The largest absolute Gasteiger partial charge is 0.481 e. The van der Waals surface area contributed by atoms with Gasteiger partial charge in [0.25, 0.3) is 5.91 Å². The van der Waals surface area contributed by atoms with Crippen molar-refractivity contribution in [2.75, 3.05) is 6.54 Å². The van der Waals surface area contributed by atoms with Crippen molar-refractivity contribution in [2.24, 2.45) is 0 Å². The Morgan fingerprint density at radius 2 is 1.95 bits per heavy atom. The third-order valence-corrected chi connectivity index (χ3v) is 3.20. The number of nitrogens with zero attached hydrogens (tertiary/aromatic N) is 1. The van der Waals surface area contributed by atoms with E-state index < -0.39 is 11.9 Å². The molecule has 0 spiro atoms. The Hall–Kier alpha value is -2.89. The number of fused-ring (bicyclic) bond motifs is 3. The minimum atomic E-state index is -0.966. The molecule has 0 aliphatic carbocycles. The lowest BCUT2D eigenvalue weighted by Crippen LogP contribution is -2.26. The summed E-state index contributed by atoms with van der Waals surface area (Å²) in [6, 6.07) is 11.3. The molecule has 1 heterocycles. The van der Waals surface area contributed by atoms with E-state index in [2.05, 4.69) is 10.5 Å². The Labute approximate surface area is 119 Å². The molecule has 0 bridgehead atoms. The van der Waals surface area contributed by atoms with Crippen LogP contribution < -0.4 is 5.32 Å². The SMILES string of the molecule is O=C(O)CCNC(=O)c1noc2c1ccc1ccccc12. The first-order valence-electron chi connectivity index (χ1n) is 6.44. The molecule has 0 aliphatic rings. The van der Waals surface area contributed by atoms with E-state index in [4.69, 9.17) is 9.63 Å². The van der Waals surface area contributed by atoms with Gasteiger partial charge in [0.1, 0.15) is 0 Å². The van der Waals surface area contributed by atoms with E-state index in [9.17, 15) is 9.59 Å². The van der Waals surface area contributed by atoms with Crippen LogP contribution in [0, 0.1) is 0 Å². The fourth-order valence-corrected chi connectivity index (χ4v) is 2.20. The average Bonchev–Trinajstić information content (AvgIpc) is 2.91. The lowest BCUT2D eigenvalue weighted by atomic mass is 10.1. The molecule has 3 aromatic rings. The molecule has 2 aromatic carbocycles. The highest BCUT2D eigenvalue weighted by Gasteiger charge is 2.17. The van der Waals surface area contributed by atoms with Gasteiger partial charge in [0.2, 0.25) is 0 Å². The number of benzene rings is 2. The number of nitrogens with one attached hydrogen (secondary N) is 1. The van der Waals surface area contributed by atoms with E-state index in [-0.39, 0.29) is 18.7 Å². The summed E-state index contributed by atoms with van der Waals surface area (Å²) < 4.78 is 5.28. The molecule has 0 saturated heterocycles. The van der Waals surface area contributed by atoms with Crippen LogP contribution in [-0.2, 0) is 4.79 Å². The molecule has 0 radical (unpaired) electrons. The summed E-state index contributed by atoms with van der Waals surface area (Å²) in [5.74, 6) is -1.41. The van der Waals surface area contributed by atoms with Crippen molar-refractivity contribution in [3.05, 3.63) is 42.1 Å². The summed E-state index contributed by atoms with van der Waals surface area (Å²) in [7, 11) is 0. The van der Waals surface area contributed by atoms with E-state index in [1.165, 1.54) is 0 Å². The zero-order valence-electron chi connectivity index (χ0n) is 11.0. The molecule has 1 aromatic heterocycles. The number of carbonyl (C=O) groups excluding carboxylic acids is 1. The molecule has 0 atom stereocenters. The highest BCUT2D eigenvalue weighted by Crippen LogP contribution is 2.27. The molecule has 0 saturated carbocycles. The van der Waals surface area contributed by atoms with Gasteiger partial charge in [-0.3, -0.25) is 9.59 Å². The van der Waals surface area contributed by atoms with Crippen LogP contribution in [0.15, 0.2) is 40.9 Å². The molecule has 0 fully saturated rings. The van der Waals surface area contributed by atoms with Crippen LogP contribution in [0.5, 0.6) is 0 Å². The number of carbonyl (C=O) groups is 2. The lowest BCUT2D eigenvalue weighted by molar-refractivity contribution is -0.136. The highest BCUT2D eigenvalue weighted by molar-refractivity contribution is 6.11. The smallest absolute Gasteiger partial charge is 0.305 e. The van der Waals surface area contributed by atoms with Crippen LogP contribution in [0.25, 0.3) is 21.7 Å². The molecule has 6 nitrogen and oxygen atoms in total. The van der Waals surface area contributed by atoms with Crippen molar-refractivity contribution in [2.45, 2.75) is 6.42 Å². The van der Waals surface area contributed by atoms with E-state index in [1.807, 2.05) is 30.3 Å². The molecule has 1 amide bonds. The summed E-state index contributed by atoms with van der Waals surface area (Å²) >= 11 is 0. The zero-order chi connectivity index (χ0) is 14.8. The number of hydrogen-bond donors (Lipinski definition) is 2. The van der Waals surface area contributed by atoms with Crippen LogP contribution in [0.1, 0.15) is 16.9 Å². The molecule has 2 N–H and O–H groups in total. The summed E-state index contributed by atoms with van der Waals surface area (Å²) in [4.78, 5) is 22.5. The van der Waals surface area contributed by atoms with Crippen LogP contribution in [-0.4, -0.2) is 28.7 Å². The van der Waals surface area contributed by atoms with Gasteiger partial charge in [-0.25, -0.2) is 0 Å². The van der Waals surface area contributed by atoms with Gasteiger partial charge in [-0.1, -0.05) is 35.5 Å². The van der Waals surface area contributed by atoms with Crippen LogP contribution >= 0.6 is 0 Å². The van der Waals surface area contributed by atoms with Crippen LogP contribution in [0.3, 0.4) is 0 Å². The van der Waals surface area contributed by atoms with Crippen LogP contribution in [0.4, 0.5) is 0 Å². The molecule has 6 heteroatoms. The van der Waals surface area contributed by atoms with Gasteiger partial charge in [0, 0.05) is 11.9 Å². The van der Waals surface area contributed by atoms with E-state index in [0.717, 1.165) is 10.8 Å². The molecular formula is C15H12N2O4. The van der Waals surface area contributed by atoms with E-state index in [0.29, 0.717) is 11.0 Å². The van der Waals surface area contributed by atoms with Gasteiger partial charge in [-0.2, -0.15) is 0 Å². The standard InChI is InChI=1S/C15H12N2O4/c18-12(19)7-8-16-15(20)13-11-6-5-9-3-1-2-4-10(9)14(11)21-17-13/h1-6H,7-8H2,(H,16,20)(H,18,19). The molecule has 3 rings (SSSR count). The fourth-order valence-electron chi connectivity index (χ4n) is 2.20. The summed E-state index contributed by atoms with van der Waals surface area (Å²) in [6.45, 7) is 0.0517.